The molecule has 0 spiro atoms. The van der Waals surface area contributed by atoms with E-state index in [0.717, 1.165) is 6.42 Å². The van der Waals surface area contributed by atoms with E-state index in [-0.39, 0.29) is 11.0 Å². The Bertz CT molecular complexity index is 436. The van der Waals surface area contributed by atoms with Crippen molar-refractivity contribution in [2.45, 2.75) is 71.7 Å². The van der Waals surface area contributed by atoms with E-state index in [1.807, 2.05) is 13.8 Å². The first-order valence-electron chi connectivity index (χ1n) is 8.34. The van der Waals surface area contributed by atoms with Crippen LogP contribution < -0.4 is 0 Å². The molecule has 0 aliphatic carbocycles. The summed E-state index contributed by atoms with van der Waals surface area (Å²) in [7, 11) is -0.0856. The van der Waals surface area contributed by atoms with Crippen LogP contribution in [0.3, 0.4) is 0 Å². The van der Waals surface area contributed by atoms with Crippen molar-refractivity contribution in [3.63, 3.8) is 0 Å². The lowest BCUT2D eigenvalue weighted by molar-refractivity contribution is 0.164. The fourth-order valence-electron chi connectivity index (χ4n) is 1.41. The molecular weight excluding hydrogens is 276 g/mol. The van der Waals surface area contributed by atoms with Crippen molar-refractivity contribution in [1.29, 1.82) is 0 Å². The van der Waals surface area contributed by atoms with E-state index >= 15 is 0 Å². The SMILES string of the molecule is [2H]/C(CCCOC)=C(\C#C[Si](C)(C)C(C)(C)C)C(O)C(C)C. The summed E-state index contributed by atoms with van der Waals surface area (Å²) >= 11 is 0. The molecule has 21 heavy (non-hydrogen) atoms. The van der Waals surface area contributed by atoms with Gasteiger partial charge in [0.2, 0.25) is 0 Å². The zero-order valence-electron chi connectivity index (χ0n) is 16.1. The molecule has 0 aliphatic heterocycles. The predicted molar refractivity (Wildman–Crippen MR) is 95.0 cm³/mol. The number of rotatable bonds is 6. The van der Waals surface area contributed by atoms with Gasteiger partial charge in [0.05, 0.1) is 7.47 Å². The van der Waals surface area contributed by atoms with Gasteiger partial charge in [-0.2, -0.15) is 0 Å². The number of hydrogen-bond donors (Lipinski definition) is 1. The molecule has 0 radical (unpaired) electrons. The van der Waals surface area contributed by atoms with Gasteiger partial charge in [0.1, 0.15) is 8.07 Å². The third-order valence-electron chi connectivity index (χ3n) is 4.15. The smallest absolute Gasteiger partial charge is 0.138 e. The van der Waals surface area contributed by atoms with Crippen molar-refractivity contribution in [3.05, 3.63) is 11.6 Å². The second kappa shape index (κ2) is 8.78. The van der Waals surface area contributed by atoms with Gasteiger partial charge in [-0.1, -0.05) is 59.7 Å². The Labute approximate surface area is 134 Å². The fourth-order valence-corrected chi connectivity index (χ4v) is 2.23. The molecule has 122 valence electrons. The van der Waals surface area contributed by atoms with Crippen LogP contribution in [0.5, 0.6) is 0 Å². The van der Waals surface area contributed by atoms with Crippen LogP contribution in [-0.4, -0.2) is 33.0 Å². The maximum Gasteiger partial charge on any atom is 0.138 e. The average molecular weight is 312 g/mol. The van der Waals surface area contributed by atoms with Crippen molar-refractivity contribution >= 4 is 8.07 Å². The Balaban J connectivity index is 5.51. The molecule has 0 bridgehead atoms. The summed E-state index contributed by atoms with van der Waals surface area (Å²) in [6.45, 7) is 15.7. The van der Waals surface area contributed by atoms with Crippen LogP contribution in [0.2, 0.25) is 18.1 Å². The first-order chi connectivity index (χ1) is 9.94. The maximum absolute atomic E-state index is 10.4. The number of aliphatic hydroxyl groups is 1. The Morgan fingerprint density at radius 3 is 2.38 bits per heavy atom. The Kier molecular flexibility index (Phi) is 7.73. The summed E-state index contributed by atoms with van der Waals surface area (Å²) in [6.07, 6.45) is 0.720. The second-order valence-corrected chi connectivity index (χ2v) is 12.5. The van der Waals surface area contributed by atoms with E-state index in [4.69, 9.17) is 6.11 Å². The monoisotopic (exact) mass is 311 g/mol. The quantitative estimate of drug-likeness (QED) is 0.447. The van der Waals surface area contributed by atoms with Crippen LogP contribution in [0.25, 0.3) is 0 Å². The molecule has 1 N–H and O–H groups in total. The normalized spacial score (nSPS) is 16.0. The average Bonchev–Trinajstić information content (AvgIpc) is 2.37. The highest BCUT2D eigenvalue weighted by molar-refractivity contribution is 6.87. The third kappa shape index (κ3) is 7.31. The molecule has 0 amide bonds. The van der Waals surface area contributed by atoms with Gasteiger partial charge in [-0.3, -0.25) is 0 Å². The summed E-state index contributed by atoms with van der Waals surface area (Å²) in [5.41, 5.74) is 4.02. The minimum Gasteiger partial charge on any atom is -0.387 e. The van der Waals surface area contributed by atoms with Gasteiger partial charge in [-0.05, 0) is 23.8 Å². The second-order valence-electron chi connectivity index (χ2n) is 7.50. The van der Waals surface area contributed by atoms with Crippen molar-refractivity contribution < 1.29 is 11.2 Å². The standard InChI is InChI=1S/C18H34O2Si/c1-15(2)17(19)16(11-9-10-13-20-6)12-14-21(7,8)18(3,4)5/h11,15,17,19H,9-10,13H2,1-8H3/b16-11-/i11D. The number of aliphatic hydroxyl groups excluding tert-OH is 1. The lowest BCUT2D eigenvalue weighted by Crippen LogP contribution is -2.35. The van der Waals surface area contributed by atoms with Gasteiger partial charge in [-0.15, -0.1) is 5.54 Å². The van der Waals surface area contributed by atoms with E-state index in [1.54, 1.807) is 7.11 Å². The van der Waals surface area contributed by atoms with E-state index in [2.05, 4.69) is 45.3 Å². The number of allylic oxidation sites excluding steroid dienone is 1. The van der Waals surface area contributed by atoms with E-state index in [9.17, 15) is 5.11 Å². The first-order valence-corrected chi connectivity index (χ1v) is 10.8. The van der Waals surface area contributed by atoms with Gasteiger partial charge >= 0.3 is 0 Å². The molecule has 3 heteroatoms. The lowest BCUT2D eigenvalue weighted by Gasteiger charge is -2.31. The van der Waals surface area contributed by atoms with Crippen LogP contribution in [0, 0.1) is 17.4 Å². The Morgan fingerprint density at radius 1 is 1.38 bits per heavy atom. The van der Waals surface area contributed by atoms with Crippen LogP contribution in [-0.2, 0) is 4.74 Å². The van der Waals surface area contributed by atoms with Crippen molar-refractivity contribution in [2.24, 2.45) is 5.92 Å². The topological polar surface area (TPSA) is 29.5 Å². The highest BCUT2D eigenvalue weighted by Gasteiger charge is 2.33. The van der Waals surface area contributed by atoms with Crippen LogP contribution >= 0.6 is 0 Å². The molecule has 0 fully saturated rings. The molecule has 0 rings (SSSR count). The van der Waals surface area contributed by atoms with Crippen molar-refractivity contribution in [1.82, 2.24) is 0 Å². The van der Waals surface area contributed by atoms with E-state index in [1.165, 1.54) is 0 Å². The number of hydrogen-bond acceptors (Lipinski definition) is 2. The summed E-state index contributed by atoms with van der Waals surface area (Å²) in [6, 6.07) is 0.449. The largest absolute Gasteiger partial charge is 0.387 e. The van der Waals surface area contributed by atoms with E-state index in [0.29, 0.717) is 24.7 Å². The molecular formula is C18H34O2Si. The lowest BCUT2D eigenvalue weighted by atomic mass is 9.98. The van der Waals surface area contributed by atoms with Gasteiger partial charge in [0, 0.05) is 19.3 Å². The zero-order valence-corrected chi connectivity index (χ0v) is 16.1. The zero-order chi connectivity index (χ0) is 17.6. The minimum atomic E-state index is -1.75. The van der Waals surface area contributed by atoms with Crippen molar-refractivity contribution in [3.8, 4) is 11.5 Å². The van der Waals surface area contributed by atoms with Crippen LogP contribution in [0.1, 0.15) is 48.8 Å². The molecule has 0 aromatic carbocycles. The third-order valence-corrected chi connectivity index (χ3v) is 8.65. The summed E-state index contributed by atoms with van der Waals surface area (Å²) < 4.78 is 13.3. The first kappa shape index (κ1) is 18.5. The molecule has 0 saturated heterocycles. The highest BCUT2D eigenvalue weighted by Crippen LogP contribution is 2.35. The van der Waals surface area contributed by atoms with Crippen molar-refractivity contribution in [2.75, 3.05) is 13.7 Å². The Hall–Kier alpha value is -0.563. The summed E-state index contributed by atoms with van der Waals surface area (Å²) in [4.78, 5) is 0. The van der Waals surface area contributed by atoms with Gasteiger partial charge < -0.3 is 9.84 Å². The van der Waals surface area contributed by atoms with E-state index < -0.39 is 14.2 Å². The fraction of sp³-hybridized carbons (Fsp3) is 0.778. The molecule has 0 aliphatic rings. The molecule has 0 aromatic heterocycles. The molecule has 0 heterocycles. The number of ether oxygens (including phenoxy) is 1. The molecule has 1 unspecified atom stereocenters. The van der Waals surface area contributed by atoms with Crippen LogP contribution in [0.15, 0.2) is 11.6 Å². The summed E-state index contributed by atoms with van der Waals surface area (Å²) in [5.74, 6) is 3.25. The minimum absolute atomic E-state index is 0.0616. The molecule has 2 nitrogen and oxygen atoms in total. The predicted octanol–water partition coefficient (Wildman–Crippen LogP) is 4.41. The molecule has 0 saturated carbocycles. The molecule has 1 atom stereocenters. The van der Waals surface area contributed by atoms with Gasteiger partial charge in [0.15, 0.2) is 0 Å². The summed E-state index contributed by atoms with van der Waals surface area (Å²) in [5, 5.41) is 10.6. The highest BCUT2D eigenvalue weighted by atomic mass is 28.3. The Morgan fingerprint density at radius 2 is 1.95 bits per heavy atom. The van der Waals surface area contributed by atoms with Gasteiger partial charge in [-0.25, -0.2) is 0 Å². The molecule has 0 aromatic rings. The number of methoxy groups -OCH3 is 1. The maximum atomic E-state index is 10.4. The van der Waals surface area contributed by atoms with Crippen LogP contribution in [0.4, 0.5) is 0 Å². The van der Waals surface area contributed by atoms with Gasteiger partial charge in [0.25, 0.3) is 0 Å².